The van der Waals surface area contributed by atoms with Gasteiger partial charge in [0, 0.05) is 22.3 Å². The normalized spacial score (nSPS) is 25.7. The Kier molecular flexibility index (Phi) is 5.70. The smallest absolute Gasteiger partial charge is 0.250 e. The van der Waals surface area contributed by atoms with E-state index < -0.39 is 29.3 Å². The summed E-state index contributed by atoms with van der Waals surface area (Å²) >= 11 is 6.36. The summed E-state index contributed by atoms with van der Waals surface area (Å²) in [6.07, 6.45) is 0.999. The van der Waals surface area contributed by atoms with Crippen molar-refractivity contribution in [3.63, 3.8) is 0 Å². The third-order valence-electron chi connectivity index (χ3n) is 8.06. The summed E-state index contributed by atoms with van der Waals surface area (Å²) in [7, 11) is 0. The number of carbonyl (C=O) groups excluding carboxylic acids is 3. The van der Waals surface area contributed by atoms with Crippen LogP contribution in [0, 0.1) is 11.8 Å². The Morgan fingerprint density at radius 3 is 2.45 bits per heavy atom. The SMILES string of the molecule is CCc1ccc2c(c1)[C@]1(N[C@@H](Cc3ccc(O)c(O)c3)[C@H]3C(=O)N(Cc4ccccc4Cl)C(=O)[C@H]31)C(=O)N2. The van der Waals surface area contributed by atoms with Crippen LogP contribution < -0.4 is 10.6 Å². The van der Waals surface area contributed by atoms with Crippen LogP contribution in [-0.4, -0.2) is 38.9 Å². The number of fused-ring (bicyclic) bond motifs is 4. The summed E-state index contributed by atoms with van der Waals surface area (Å²) in [5.74, 6) is -3.47. The number of benzene rings is 3. The molecule has 2 fully saturated rings. The lowest BCUT2D eigenvalue weighted by molar-refractivity contribution is -0.143. The van der Waals surface area contributed by atoms with Gasteiger partial charge in [-0.3, -0.25) is 24.6 Å². The molecule has 38 heavy (non-hydrogen) atoms. The van der Waals surface area contributed by atoms with Crippen LogP contribution in [0.3, 0.4) is 0 Å². The largest absolute Gasteiger partial charge is 0.504 e. The Hall–Kier alpha value is -3.88. The molecule has 0 saturated carbocycles. The van der Waals surface area contributed by atoms with E-state index in [0.717, 1.165) is 12.0 Å². The summed E-state index contributed by atoms with van der Waals surface area (Å²) in [5.41, 5.74) is 2.16. The van der Waals surface area contributed by atoms with Gasteiger partial charge >= 0.3 is 0 Å². The van der Waals surface area contributed by atoms with Crippen molar-refractivity contribution in [1.29, 1.82) is 0 Å². The highest BCUT2D eigenvalue weighted by molar-refractivity contribution is 6.31. The molecule has 1 spiro atoms. The van der Waals surface area contributed by atoms with Gasteiger partial charge in [0.1, 0.15) is 5.54 Å². The van der Waals surface area contributed by atoms with Crippen molar-refractivity contribution in [2.75, 3.05) is 5.32 Å². The van der Waals surface area contributed by atoms with Gasteiger partial charge < -0.3 is 15.5 Å². The fourth-order valence-electron chi connectivity index (χ4n) is 6.21. The van der Waals surface area contributed by atoms with Gasteiger partial charge in [0.15, 0.2) is 11.5 Å². The Morgan fingerprint density at radius 2 is 1.71 bits per heavy atom. The number of rotatable bonds is 5. The summed E-state index contributed by atoms with van der Waals surface area (Å²) in [6, 6.07) is 16.6. The topological polar surface area (TPSA) is 119 Å². The van der Waals surface area contributed by atoms with E-state index in [1.807, 2.05) is 25.1 Å². The molecular formula is C29H26ClN3O5. The molecule has 3 aromatic carbocycles. The van der Waals surface area contributed by atoms with Crippen LogP contribution in [0.15, 0.2) is 60.7 Å². The summed E-state index contributed by atoms with van der Waals surface area (Å²) in [5, 5.41) is 26.6. The maximum Gasteiger partial charge on any atom is 0.250 e. The zero-order valence-electron chi connectivity index (χ0n) is 20.6. The van der Waals surface area contributed by atoms with Crippen molar-refractivity contribution >= 4 is 35.0 Å². The van der Waals surface area contributed by atoms with Crippen molar-refractivity contribution in [3.05, 3.63) is 87.9 Å². The van der Waals surface area contributed by atoms with Gasteiger partial charge in [-0.25, -0.2) is 0 Å². The molecule has 4 N–H and O–H groups in total. The van der Waals surface area contributed by atoms with Crippen LogP contribution in [0.25, 0.3) is 0 Å². The van der Waals surface area contributed by atoms with Crippen LogP contribution in [0.2, 0.25) is 5.02 Å². The number of aryl methyl sites for hydroxylation is 1. The number of aromatic hydroxyl groups is 2. The summed E-state index contributed by atoms with van der Waals surface area (Å²) in [6.45, 7) is 2.02. The fraction of sp³-hybridized carbons (Fsp3) is 0.276. The standard InChI is InChI=1S/C29H26ClN3O5/c1-2-15-7-9-20-18(11-15)29(28(38)31-20)25-24(21(32-29)12-16-8-10-22(34)23(35)13-16)26(36)33(27(25)37)14-17-5-3-4-6-19(17)30/h3-11,13,21,24-25,32,34-35H,2,12,14H2,1H3,(H,31,38)/t21-,24+,25-,29+/m0/s1. The second-order valence-electron chi connectivity index (χ2n) is 10.1. The highest BCUT2D eigenvalue weighted by Gasteiger charge is 2.70. The van der Waals surface area contributed by atoms with Gasteiger partial charge in [-0.05, 0) is 53.8 Å². The zero-order chi connectivity index (χ0) is 26.8. The molecular weight excluding hydrogens is 506 g/mol. The highest BCUT2D eigenvalue weighted by atomic mass is 35.5. The van der Waals surface area contributed by atoms with E-state index in [-0.39, 0.29) is 36.3 Å². The Labute approximate surface area is 224 Å². The lowest BCUT2D eigenvalue weighted by Crippen LogP contribution is -2.53. The molecule has 0 bridgehead atoms. The van der Waals surface area contributed by atoms with E-state index in [2.05, 4.69) is 10.6 Å². The zero-order valence-corrected chi connectivity index (χ0v) is 21.3. The van der Waals surface area contributed by atoms with E-state index in [4.69, 9.17) is 11.6 Å². The second kappa shape index (κ2) is 8.85. The first kappa shape index (κ1) is 24.5. The predicted molar refractivity (Wildman–Crippen MR) is 141 cm³/mol. The number of hydrogen-bond acceptors (Lipinski definition) is 6. The number of halogens is 1. The molecule has 6 rings (SSSR count). The summed E-state index contributed by atoms with van der Waals surface area (Å²) < 4.78 is 0. The molecule has 0 aliphatic carbocycles. The minimum absolute atomic E-state index is 0.0105. The average molecular weight is 532 g/mol. The number of amides is 3. The molecule has 0 radical (unpaired) electrons. The Balaban J connectivity index is 1.46. The molecule has 194 valence electrons. The van der Waals surface area contributed by atoms with E-state index in [0.29, 0.717) is 27.4 Å². The molecule has 9 heteroatoms. The molecule has 3 aliphatic rings. The molecule has 3 heterocycles. The van der Waals surface area contributed by atoms with E-state index in [1.54, 1.807) is 30.3 Å². The number of anilines is 1. The first-order valence-electron chi connectivity index (χ1n) is 12.6. The molecule has 3 aromatic rings. The fourth-order valence-corrected chi connectivity index (χ4v) is 6.40. The maximum atomic E-state index is 14.0. The number of nitrogens with zero attached hydrogens (tertiary/aromatic N) is 1. The van der Waals surface area contributed by atoms with Gasteiger partial charge in [-0.15, -0.1) is 0 Å². The van der Waals surface area contributed by atoms with Crippen LogP contribution in [0.5, 0.6) is 11.5 Å². The summed E-state index contributed by atoms with van der Waals surface area (Å²) in [4.78, 5) is 42.9. The lowest BCUT2D eigenvalue weighted by atomic mass is 9.76. The van der Waals surface area contributed by atoms with Crippen LogP contribution in [-0.2, 0) is 39.3 Å². The van der Waals surface area contributed by atoms with Crippen LogP contribution in [0.1, 0.15) is 29.2 Å². The molecule has 3 amide bonds. The van der Waals surface area contributed by atoms with Crippen molar-refractivity contribution in [1.82, 2.24) is 10.2 Å². The number of hydrogen-bond donors (Lipinski definition) is 4. The molecule has 0 unspecified atom stereocenters. The van der Waals surface area contributed by atoms with Gasteiger partial charge in [0.05, 0.1) is 18.4 Å². The molecule has 2 saturated heterocycles. The van der Waals surface area contributed by atoms with Gasteiger partial charge in [0.2, 0.25) is 17.7 Å². The number of imide groups is 1. The van der Waals surface area contributed by atoms with Crippen molar-refractivity contribution in [2.24, 2.45) is 11.8 Å². The monoisotopic (exact) mass is 531 g/mol. The number of phenols is 2. The first-order valence-corrected chi connectivity index (χ1v) is 12.9. The van der Waals surface area contributed by atoms with Gasteiger partial charge in [0.25, 0.3) is 0 Å². The van der Waals surface area contributed by atoms with E-state index in [9.17, 15) is 24.6 Å². The quantitative estimate of drug-likeness (QED) is 0.296. The maximum absolute atomic E-state index is 14.0. The molecule has 8 nitrogen and oxygen atoms in total. The van der Waals surface area contributed by atoms with Gasteiger partial charge in [-0.2, -0.15) is 0 Å². The van der Waals surface area contributed by atoms with E-state index >= 15 is 0 Å². The van der Waals surface area contributed by atoms with Crippen molar-refractivity contribution < 1.29 is 24.6 Å². The van der Waals surface area contributed by atoms with E-state index in [1.165, 1.54) is 17.0 Å². The molecule has 4 atom stereocenters. The Bertz CT molecular complexity index is 1510. The average Bonchev–Trinajstić information content (AvgIpc) is 3.47. The van der Waals surface area contributed by atoms with Crippen molar-refractivity contribution in [3.8, 4) is 11.5 Å². The molecule has 3 aliphatic heterocycles. The van der Waals surface area contributed by atoms with Gasteiger partial charge in [-0.1, -0.05) is 54.9 Å². The number of nitrogens with one attached hydrogen (secondary N) is 2. The lowest BCUT2D eigenvalue weighted by Gasteiger charge is -2.30. The third kappa shape index (κ3) is 3.51. The Morgan fingerprint density at radius 1 is 0.947 bits per heavy atom. The first-order chi connectivity index (χ1) is 18.2. The minimum atomic E-state index is -1.42. The number of likely N-dealkylation sites (tertiary alicyclic amines) is 1. The van der Waals surface area contributed by atoms with Crippen LogP contribution >= 0.6 is 11.6 Å². The number of phenolic OH excluding ortho intramolecular Hbond substituents is 2. The third-order valence-corrected chi connectivity index (χ3v) is 8.43. The second-order valence-corrected chi connectivity index (χ2v) is 10.5. The van der Waals surface area contributed by atoms with Crippen molar-refractivity contribution in [2.45, 2.75) is 37.9 Å². The number of carbonyl (C=O) groups is 3. The minimum Gasteiger partial charge on any atom is -0.504 e. The predicted octanol–water partition coefficient (Wildman–Crippen LogP) is 3.48. The highest BCUT2D eigenvalue weighted by Crippen LogP contribution is 2.53. The molecule has 0 aromatic heterocycles. The van der Waals surface area contributed by atoms with Crippen LogP contribution in [0.4, 0.5) is 5.69 Å².